The van der Waals surface area contributed by atoms with Crippen molar-refractivity contribution in [2.24, 2.45) is 0 Å². The summed E-state index contributed by atoms with van der Waals surface area (Å²) in [5, 5.41) is 3.51. The molecule has 1 aromatic heterocycles. The van der Waals surface area contributed by atoms with Crippen LogP contribution in [0, 0.1) is 6.92 Å². The van der Waals surface area contributed by atoms with E-state index in [4.69, 9.17) is 5.84 Å². The molecule has 3 rings (SSSR count). The van der Waals surface area contributed by atoms with Crippen LogP contribution in [0.2, 0.25) is 0 Å². The fourth-order valence-electron chi connectivity index (χ4n) is 2.32. The molecule has 5 nitrogen and oxygen atoms in total. The number of carbonyl (C=O) groups is 1. The van der Waals surface area contributed by atoms with Gasteiger partial charge in [-0.25, -0.2) is 9.66 Å². The Balaban J connectivity index is 1.63. The lowest BCUT2D eigenvalue weighted by Gasteiger charge is -2.08. The van der Waals surface area contributed by atoms with Crippen LogP contribution in [0.15, 0.2) is 64.4 Å². The van der Waals surface area contributed by atoms with Gasteiger partial charge in [-0.05, 0) is 30.7 Å². The fourth-order valence-corrected chi connectivity index (χ4v) is 3.49. The molecular formula is C18H17BrN4OS. The second-order valence-electron chi connectivity index (χ2n) is 5.48. The number of anilines is 1. The number of imidazole rings is 1. The highest BCUT2D eigenvalue weighted by molar-refractivity contribution is 9.10. The monoisotopic (exact) mass is 416 g/mol. The van der Waals surface area contributed by atoms with E-state index < -0.39 is 0 Å². The van der Waals surface area contributed by atoms with Gasteiger partial charge in [-0.3, -0.25) is 4.79 Å². The normalized spacial score (nSPS) is 10.6. The zero-order chi connectivity index (χ0) is 17.8. The van der Waals surface area contributed by atoms with Crippen LogP contribution in [0.5, 0.6) is 0 Å². The van der Waals surface area contributed by atoms with Crippen LogP contribution < -0.4 is 11.2 Å². The predicted molar refractivity (Wildman–Crippen MR) is 106 cm³/mol. The number of aryl methyl sites for hydroxylation is 1. The summed E-state index contributed by atoms with van der Waals surface area (Å²) in [6.07, 6.45) is 1.76. The van der Waals surface area contributed by atoms with E-state index in [1.54, 1.807) is 6.20 Å². The maximum absolute atomic E-state index is 12.2. The van der Waals surface area contributed by atoms with Crippen LogP contribution in [0.1, 0.15) is 5.56 Å². The minimum atomic E-state index is -0.0975. The standard InChI is InChI=1S/C18H17BrN4OS/c1-12-9-14(19)7-8-15(12)21-17(24)11-25-18-22-16(10-23(18)20)13-5-3-2-4-6-13/h2-10H,11,20H2,1H3,(H,21,24). The van der Waals surface area contributed by atoms with Gasteiger partial charge in [0.05, 0.1) is 17.6 Å². The van der Waals surface area contributed by atoms with Crippen molar-refractivity contribution < 1.29 is 4.79 Å². The van der Waals surface area contributed by atoms with Gasteiger partial charge in [-0.1, -0.05) is 58.0 Å². The molecule has 0 spiro atoms. The number of aromatic nitrogens is 2. The number of amides is 1. The summed E-state index contributed by atoms with van der Waals surface area (Å²) >= 11 is 4.72. The second kappa shape index (κ2) is 7.76. The molecule has 3 N–H and O–H groups in total. The predicted octanol–water partition coefficient (Wildman–Crippen LogP) is 4.07. The van der Waals surface area contributed by atoms with E-state index in [0.29, 0.717) is 5.16 Å². The Labute approximate surface area is 158 Å². The van der Waals surface area contributed by atoms with Gasteiger partial charge in [0.2, 0.25) is 5.91 Å². The lowest BCUT2D eigenvalue weighted by molar-refractivity contribution is -0.113. The van der Waals surface area contributed by atoms with Crippen molar-refractivity contribution in [2.45, 2.75) is 12.1 Å². The molecule has 1 heterocycles. The molecule has 0 aliphatic carbocycles. The number of nitrogens with zero attached hydrogens (tertiary/aromatic N) is 2. The molecule has 128 valence electrons. The van der Waals surface area contributed by atoms with Crippen molar-refractivity contribution >= 4 is 39.3 Å². The van der Waals surface area contributed by atoms with E-state index >= 15 is 0 Å². The first kappa shape index (κ1) is 17.6. The number of nitrogens with one attached hydrogen (secondary N) is 1. The minimum absolute atomic E-state index is 0.0975. The van der Waals surface area contributed by atoms with Crippen molar-refractivity contribution in [2.75, 3.05) is 16.9 Å². The maximum atomic E-state index is 12.2. The summed E-state index contributed by atoms with van der Waals surface area (Å²) in [5.74, 6) is 6.09. The number of thioether (sulfide) groups is 1. The lowest BCUT2D eigenvalue weighted by atomic mass is 10.2. The summed E-state index contributed by atoms with van der Waals surface area (Å²) < 4.78 is 2.43. The number of benzene rings is 2. The zero-order valence-electron chi connectivity index (χ0n) is 13.6. The summed E-state index contributed by atoms with van der Waals surface area (Å²) in [6.45, 7) is 1.95. The molecule has 0 aliphatic heterocycles. The van der Waals surface area contributed by atoms with E-state index in [1.807, 2.05) is 55.5 Å². The van der Waals surface area contributed by atoms with Crippen molar-refractivity contribution in [3.05, 3.63) is 64.8 Å². The first-order chi connectivity index (χ1) is 12.0. The summed E-state index contributed by atoms with van der Waals surface area (Å²) in [5.41, 5.74) is 3.58. The molecule has 0 saturated carbocycles. The van der Waals surface area contributed by atoms with Gasteiger partial charge in [0, 0.05) is 15.7 Å². The molecule has 0 radical (unpaired) electrons. The highest BCUT2D eigenvalue weighted by Gasteiger charge is 2.11. The third-order valence-electron chi connectivity index (χ3n) is 3.56. The van der Waals surface area contributed by atoms with Gasteiger partial charge in [0.25, 0.3) is 0 Å². The Morgan fingerprint density at radius 2 is 2.04 bits per heavy atom. The van der Waals surface area contributed by atoms with Crippen LogP contribution in [-0.4, -0.2) is 21.3 Å². The van der Waals surface area contributed by atoms with Gasteiger partial charge < -0.3 is 11.2 Å². The summed E-state index contributed by atoms with van der Waals surface area (Å²) in [6, 6.07) is 15.5. The Hall–Kier alpha value is -2.25. The number of hydrogen-bond donors (Lipinski definition) is 2. The Bertz CT molecular complexity index is 895. The third kappa shape index (κ3) is 4.43. The van der Waals surface area contributed by atoms with Gasteiger partial charge in [-0.15, -0.1) is 0 Å². The molecule has 0 unspecified atom stereocenters. The quantitative estimate of drug-likeness (QED) is 0.485. The third-order valence-corrected chi connectivity index (χ3v) is 5.02. The maximum Gasteiger partial charge on any atom is 0.234 e. The number of rotatable bonds is 5. The van der Waals surface area contributed by atoms with Crippen molar-refractivity contribution in [3.8, 4) is 11.3 Å². The van der Waals surface area contributed by atoms with Gasteiger partial charge in [-0.2, -0.15) is 0 Å². The van der Waals surface area contributed by atoms with Crippen LogP contribution >= 0.6 is 27.7 Å². The first-order valence-electron chi connectivity index (χ1n) is 7.61. The topological polar surface area (TPSA) is 72.9 Å². The number of hydrogen-bond acceptors (Lipinski definition) is 4. The van der Waals surface area contributed by atoms with E-state index in [-0.39, 0.29) is 11.7 Å². The minimum Gasteiger partial charge on any atom is -0.337 e. The lowest BCUT2D eigenvalue weighted by Crippen LogP contribution is -2.16. The molecule has 0 fully saturated rings. The van der Waals surface area contributed by atoms with Crippen molar-refractivity contribution in [3.63, 3.8) is 0 Å². The first-order valence-corrected chi connectivity index (χ1v) is 9.39. The number of nitrogen functional groups attached to an aromatic ring is 1. The molecule has 7 heteroatoms. The van der Waals surface area contributed by atoms with Crippen molar-refractivity contribution in [1.29, 1.82) is 0 Å². The fraction of sp³-hybridized carbons (Fsp3) is 0.111. The largest absolute Gasteiger partial charge is 0.337 e. The van der Waals surface area contributed by atoms with Crippen LogP contribution in [0.4, 0.5) is 5.69 Å². The number of carbonyl (C=O) groups excluding carboxylic acids is 1. The molecule has 0 bridgehead atoms. The van der Waals surface area contributed by atoms with E-state index in [9.17, 15) is 4.79 Å². The molecular weight excluding hydrogens is 400 g/mol. The number of nitrogens with two attached hydrogens (primary N) is 1. The molecule has 0 saturated heterocycles. The highest BCUT2D eigenvalue weighted by Crippen LogP contribution is 2.24. The highest BCUT2D eigenvalue weighted by atomic mass is 79.9. The van der Waals surface area contributed by atoms with Gasteiger partial charge >= 0.3 is 0 Å². The molecule has 0 aliphatic rings. The van der Waals surface area contributed by atoms with E-state index in [2.05, 4.69) is 26.2 Å². The average molecular weight is 417 g/mol. The van der Waals surface area contributed by atoms with Gasteiger partial charge in [0.1, 0.15) is 0 Å². The average Bonchev–Trinajstić information content (AvgIpc) is 2.97. The SMILES string of the molecule is Cc1cc(Br)ccc1NC(=O)CSc1nc(-c2ccccc2)cn1N. The molecule has 1 amide bonds. The van der Waals surface area contributed by atoms with Gasteiger partial charge in [0.15, 0.2) is 5.16 Å². The molecule has 0 atom stereocenters. The summed E-state index contributed by atoms with van der Waals surface area (Å²) in [4.78, 5) is 16.7. The van der Waals surface area contributed by atoms with E-state index in [0.717, 1.165) is 27.0 Å². The van der Waals surface area contributed by atoms with E-state index in [1.165, 1.54) is 16.4 Å². The Morgan fingerprint density at radius 1 is 1.28 bits per heavy atom. The summed E-state index contributed by atoms with van der Waals surface area (Å²) in [7, 11) is 0. The van der Waals surface area contributed by atoms with Crippen LogP contribution in [0.25, 0.3) is 11.3 Å². The van der Waals surface area contributed by atoms with Crippen LogP contribution in [-0.2, 0) is 4.79 Å². The Kier molecular flexibility index (Phi) is 5.45. The van der Waals surface area contributed by atoms with Crippen molar-refractivity contribution in [1.82, 2.24) is 9.66 Å². The Morgan fingerprint density at radius 3 is 2.76 bits per heavy atom. The zero-order valence-corrected chi connectivity index (χ0v) is 16.0. The number of halogens is 1. The smallest absolute Gasteiger partial charge is 0.234 e. The molecule has 2 aromatic carbocycles. The second-order valence-corrected chi connectivity index (χ2v) is 7.34. The van der Waals surface area contributed by atoms with Crippen LogP contribution in [0.3, 0.4) is 0 Å². The molecule has 25 heavy (non-hydrogen) atoms. The molecule has 3 aromatic rings.